The number of amides is 1. The zero-order valence-corrected chi connectivity index (χ0v) is 16.8. The molecule has 5 N–H and O–H groups in total. The van der Waals surface area contributed by atoms with E-state index in [4.69, 9.17) is 11.3 Å². The zero-order chi connectivity index (χ0) is 21.6. The fourth-order valence-corrected chi connectivity index (χ4v) is 3.68. The minimum Gasteiger partial charge on any atom is -0.365 e. The Balaban J connectivity index is 1.58. The predicted octanol–water partition coefficient (Wildman–Crippen LogP) is 2.66. The number of anilines is 4. The molecular weight excluding hydrogens is 398 g/mol. The third-order valence-electron chi connectivity index (χ3n) is 5.18. The summed E-state index contributed by atoms with van der Waals surface area (Å²) < 4.78 is 0. The minimum atomic E-state index is -0.638. The van der Waals surface area contributed by atoms with Crippen molar-refractivity contribution in [2.75, 3.05) is 22.3 Å². The van der Waals surface area contributed by atoms with Crippen LogP contribution >= 0.6 is 0 Å². The highest BCUT2D eigenvalue weighted by Gasteiger charge is 2.25. The van der Waals surface area contributed by atoms with E-state index in [0.717, 1.165) is 31.4 Å². The highest BCUT2D eigenvalue weighted by Crippen LogP contribution is 2.26. The van der Waals surface area contributed by atoms with Gasteiger partial charge in [0.25, 0.3) is 5.91 Å². The highest BCUT2D eigenvalue weighted by atomic mass is 16.1. The molecule has 31 heavy (non-hydrogen) atoms. The van der Waals surface area contributed by atoms with Crippen molar-refractivity contribution >= 4 is 35.3 Å². The first-order chi connectivity index (χ1) is 15.1. The van der Waals surface area contributed by atoms with Crippen LogP contribution in [0.1, 0.15) is 36.0 Å². The third-order valence-corrected chi connectivity index (χ3v) is 5.18. The van der Waals surface area contributed by atoms with Crippen molar-refractivity contribution in [3.63, 3.8) is 0 Å². The third kappa shape index (κ3) is 4.82. The fraction of sp³-hybridized carbons (Fsp3) is 0.368. The lowest BCUT2D eigenvalue weighted by molar-refractivity contribution is 0.100. The summed E-state index contributed by atoms with van der Waals surface area (Å²) in [6.45, 7) is 0.655. The lowest BCUT2D eigenvalue weighted by Crippen LogP contribution is -2.35. The number of rotatable bonds is 7. The van der Waals surface area contributed by atoms with Crippen LogP contribution < -0.4 is 26.9 Å². The van der Waals surface area contributed by atoms with Crippen LogP contribution in [0, 0.1) is 0 Å². The van der Waals surface area contributed by atoms with Gasteiger partial charge in [0.2, 0.25) is 5.95 Å². The highest BCUT2D eigenvalue weighted by molar-refractivity contribution is 5.98. The molecule has 2 atom stereocenters. The molecule has 1 fully saturated rings. The van der Waals surface area contributed by atoms with Gasteiger partial charge in [-0.05, 0) is 36.6 Å². The minimum absolute atomic E-state index is 0.0700. The van der Waals surface area contributed by atoms with Crippen LogP contribution in [0.4, 0.5) is 23.1 Å². The number of aromatic nitrogens is 2. The Hall–Kier alpha value is -3.89. The van der Waals surface area contributed by atoms with Crippen LogP contribution in [-0.4, -0.2) is 40.7 Å². The van der Waals surface area contributed by atoms with E-state index in [1.54, 1.807) is 11.3 Å². The molecule has 1 aliphatic carbocycles. The number of hydrazine groups is 1. The molecule has 0 radical (unpaired) electrons. The Bertz CT molecular complexity index is 1030. The Morgan fingerprint density at radius 2 is 2.23 bits per heavy atom. The summed E-state index contributed by atoms with van der Waals surface area (Å²) in [6, 6.07) is 7.25. The molecule has 4 rings (SSSR count). The average Bonchev–Trinajstić information content (AvgIpc) is 3.31. The number of primary amides is 1. The number of nitrogens with one attached hydrogen (secondary N) is 3. The van der Waals surface area contributed by atoms with Crippen LogP contribution in [0.3, 0.4) is 0 Å². The molecule has 0 saturated heterocycles. The number of hydrazone groups is 1. The molecule has 1 aromatic carbocycles. The molecule has 1 amide bonds. The molecule has 0 bridgehead atoms. The van der Waals surface area contributed by atoms with Crippen LogP contribution in [0.5, 0.6) is 0 Å². The second-order valence-electron chi connectivity index (χ2n) is 7.28. The van der Waals surface area contributed by atoms with Crippen molar-refractivity contribution in [2.45, 2.75) is 37.8 Å². The molecule has 2 aromatic rings. The summed E-state index contributed by atoms with van der Waals surface area (Å²) in [5.41, 5.74) is 19.2. The number of hydrogen-bond acceptors (Lipinski definition) is 9. The second-order valence-corrected chi connectivity index (χ2v) is 7.28. The number of benzene rings is 1. The van der Waals surface area contributed by atoms with Crippen molar-refractivity contribution in [1.82, 2.24) is 15.4 Å². The Morgan fingerprint density at radius 3 is 3.00 bits per heavy atom. The Morgan fingerprint density at radius 1 is 1.35 bits per heavy atom. The van der Waals surface area contributed by atoms with Crippen LogP contribution in [0.15, 0.2) is 40.7 Å². The normalized spacial score (nSPS) is 20.2. The van der Waals surface area contributed by atoms with E-state index in [2.05, 4.69) is 41.2 Å². The topological polar surface area (TPSA) is 169 Å². The van der Waals surface area contributed by atoms with E-state index in [9.17, 15) is 4.79 Å². The fourth-order valence-electron chi connectivity index (χ4n) is 3.68. The molecule has 2 heterocycles. The van der Waals surface area contributed by atoms with Gasteiger partial charge in [-0.25, -0.2) is 10.4 Å². The number of hydrogen-bond donors (Lipinski definition) is 4. The van der Waals surface area contributed by atoms with E-state index >= 15 is 0 Å². The van der Waals surface area contributed by atoms with Gasteiger partial charge in [0.05, 0.1) is 18.3 Å². The van der Waals surface area contributed by atoms with Crippen LogP contribution in [-0.2, 0) is 0 Å². The molecular formula is C19H23N11O. The number of nitrogens with two attached hydrogens (primary N) is 1. The van der Waals surface area contributed by atoms with Gasteiger partial charge in [-0.15, -0.1) is 0 Å². The maximum absolute atomic E-state index is 11.9. The lowest BCUT2D eigenvalue weighted by atomic mass is 9.91. The van der Waals surface area contributed by atoms with Gasteiger partial charge in [-0.3, -0.25) is 4.79 Å². The first-order valence-electron chi connectivity index (χ1n) is 10.0. The van der Waals surface area contributed by atoms with Gasteiger partial charge in [0, 0.05) is 29.1 Å². The predicted molar refractivity (Wildman–Crippen MR) is 118 cm³/mol. The smallest absolute Gasteiger partial charge is 0.254 e. The Labute approximate surface area is 178 Å². The zero-order valence-electron chi connectivity index (χ0n) is 16.8. The summed E-state index contributed by atoms with van der Waals surface area (Å²) in [5, 5.41) is 16.2. The average molecular weight is 421 g/mol. The second kappa shape index (κ2) is 9.28. The van der Waals surface area contributed by atoms with E-state index in [1.165, 1.54) is 6.20 Å². The quantitative estimate of drug-likeness (QED) is 0.302. The molecule has 12 nitrogen and oxygen atoms in total. The van der Waals surface area contributed by atoms with Gasteiger partial charge in [0.1, 0.15) is 11.4 Å². The molecule has 0 spiro atoms. The molecule has 1 saturated carbocycles. The van der Waals surface area contributed by atoms with E-state index < -0.39 is 5.91 Å². The number of carbonyl (C=O) groups excluding carboxylic acids is 1. The molecule has 160 valence electrons. The van der Waals surface area contributed by atoms with Crippen LogP contribution in [0.2, 0.25) is 0 Å². The van der Waals surface area contributed by atoms with E-state index in [-0.39, 0.29) is 23.5 Å². The Kier molecular flexibility index (Phi) is 6.11. The lowest BCUT2D eigenvalue weighted by Gasteiger charge is -2.29. The van der Waals surface area contributed by atoms with Crippen molar-refractivity contribution < 1.29 is 4.79 Å². The van der Waals surface area contributed by atoms with Gasteiger partial charge < -0.3 is 16.4 Å². The molecule has 1 aromatic heterocycles. The van der Waals surface area contributed by atoms with Crippen molar-refractivity contribution in [3.05, 3.63) is 46.5 Å². The van der Waals surface area contributed by atoms with Gasteiger partial charge in [-0.1, -0.05) is 24.0 Å². The molecule has 12 heteroatoms. The van der Waals surface area contributed by atoms with Crippen molar-refractivity contribution in [3.8, 4) is 0 Å². The van der Waals surface area contributed by atoms with E-state index in [1.807, 2.05) is 24.3 Å². The summed E-state index contributed by atoms with van der Waals surface area (Å²) in [4.78, 5) is 23.6. The molecule has 2 aliphatic rings. The summed E-state index contributed by atoms with van der Waals surface area (Å²) in [5.74, 6) is -0.0173. The number of nitrogens with zero attached hydrogens (tertiary/aromatic N) is 7. The maximum Gasteiger partial charge on any atom is 0.254 e. The monoisotopic (exact) mass is 421 g/mol. The first kappa shape index (κ1) is 20.4. The van der Waals surface area contributed by atoms with Crippen molar-refractivity contribution in [2.24, 2.45) is 15.9 Å². The molecule has 0 unspecified atom stereocenters. The standard InChI is InChI=1S/C19H23N11O/c20-17(31)14-11-22-19(26-15-6-1-2-7-16(15)28-29-21)27-18(14)25-12-4-3-5-13(10-12)30-23-8-9-24-30/h3-5,8,10-11,15-16,24H,1-2,6-7,9H2,(H2,20,31)(H2,22,25,26,27)/t15-,16+/m1/s1. The number of carbonyl (C=O) groups is 1. The SMILES string of the molecule is [N-]=[N+]=N[C@H]1CCCC[C@H]1Nc1ncc(C(N)=O)c(Nc2cccc(N3N=CCN3)c2)n1. The van der Waals surface area contributed by atoms with Gasteiger partial charge in [-0.2, -0.15) is 15.2 Å². The molecule has 1 aliphatic heterocycles. The summed E-state index contributed by atoms with van der Waals surface area (Å²) in [7, 11) is 0. The summed E-state index contributed by atoms with van der Waals surface area (Å²) >= 11 is 0. The number of azide groups is 1. The van der Waals surface area contributed by atoms with Gasteiger partial charge in [0.15, 0.2) is 0 Å². The van der Waals surface area contributed by atoms with Crippen molar-refractivity contribution in [1.29, 1.82) is 0 Å². The van der Waals surface area contributed by atoms with Crippen LogP contribution in [0.25, 0.3) is 10.4 Å². The maximum atomic E-state index is 11.9. The first-order valence-corrected chi connectivity index (χ1v) is 10.0. The van der Waals surface area contributed by atoms with Gasteiger partial charge >= 0.3 is 0 Å². The van der Waals surface area contributed by atoms with E-state index in [0.29, 0.717) is 18.2 Å². The largest absolute Gasteiger partial charge is 0.365 e. The summed E-state index contributed by atoms with van der Waals surface area (Å²) in [6.07, 6.45) is 6.86.